The summed E-state index contributed by atoms with van der Waals surface area (Å²) in [4.78, 5) is 12.4. The number of rotatable bonds is 1. The zero-order valence-electron chi connectivity index (χ0n) is 10.1. The minimum Gasteiger partial charge on any atom is -0.278 e. The van der Waals surface area contributed by atoms with E-state index in [1.165, 1.54) is 23.4 Å². The molecule has 0 aliphatic rings. The molecule has 2 aromatic heterocycles. The molecule has 0 spiro atoms. The fourth-order valence-electron chi connectivity index (χ4n) is 2.49. The van der Waals surface area contributed by atoms with E-state index < -0.39 is 0 Å². The number of fused-ring (bicyclic) bond motifs is 3. The number of benzene rings is 2. The van der Waals surface area contributed by atoms with Crippen molar-refractivity contribution in [3.8, 4) is 5.95 Å². The molecule has 0 atom stereocenters. The maximum atomic E-state index is 4.26. The third-order valence-electron chi connectivity index (χ3n) is 3.26. The van der Waals surface area contributed by atoms with Crippen molar-refractivity contribution in [1.82, 2.24) is 19.5 Å². The number of para-hydroxylation sites is 2. The maximum Gasteiger partial charge on any atom is 0.237 e. The lowest BCUT2D eigenvalue weighted by Crippen LogP contribution is -2.00. The molecule has 0 bridgehead atoms. The Morgan fingerprint density at radius 3 is 1.79 bits per heavy atom. The van der Waals surface area contributed by atoms with Gasteiger partial charge in [0.15, 0.2) is 0 Å². The molecule has 0 aliphatic heterocycles. The van der Waals surface area contributed by atoms with Crippen molar-refractivity contribution in [3.05, 3.63) is 61.2 Å². The van der Waals surface area contributed by atoms with Crippen LogP contribution in [0.3, 0.4) is 0 Å². The molecule has 0 saturated heterocycles. The molecule has 0 amide bonds. The molecule has 0 aliphatic carbocycles. The van der Waals surface area contributed by atoms with E-state index in [2.05, 4.69) is 43.8 Å². The topological polar surface area (TPSA) is 43.6 Å². The number of hydrogen-bond donors (Lipinski definition) is 0. The summed E-state index contributed by atoms with van der Waals surface area (Å²) in [5.74, 6) is 0.646. The van der Waals surface area contributed by atoms with Gasteiger partial charge in [-0.1, -0.05) is 36.4 Å². The van der Waals surface area contributed by atoms with E-state index in [1.54, 1.807) is 0 Å². The van der Waals surface area contributed by atoms with Crippen LogP contribution < -0.4 is 0 Å². The van der Waals surface area contributed by atoms with E-state index in [9.17, 15) is 0 Å². The normalized spacial score (nSPS) is 11.2. The fourth-order valence-corrected chi connectivity index (χ4v) is 2.49. The molecule has 4 nitrogen and oxygen atoms in total. The summed E-state index contributed by atoms with van der Waals surface area (Å²) >= 11 is 0. The Bertz CT molecular complexity index is 812. The quantitative estimate of drug-likeness (QED) is 0.518. The predicted molar refractivity (Wildman–Crippen MR) is 74.2 cm³/mol. The molecular formula is C15H10N4. The zero-order valence-corrected chi connectivity index (χ0v) is 10.1. The van der Waals surface area contributed by atoms with Crippen LogP contribution in [0.4, 0.5) is 0 Å². The second kappa shape index (κ2) is 3.88. The summed E-state index contributed by atoms with van der Waals surface area (Å²) in [6.45, 7) is 0. The van der Waals surface area contributed by atoms with E-state index in [1.807, 2.05) is 24.3 Å². The van der Waals surface area contributed by atoms with Crippen molar-refractivity contribution in [3.63, 3.8) is 0 Å². The van der Waals surface area contributed by atoms with E-state index in [0.29, 0.717) is 5.95 Å². The first-order valence-electron chi connectivity index (χ1n) is 6.06. The van der Waals surface area contributed by atoms with Crippen molar-refractivity contribution in [2.24, 2.45) is 0 Å². The second-order valence-corrected chi connectivity index (χ2v) is 4.31. The van der Waals surface area contributed by atoms with Gasteiger partial charge in [-0.15, -0.1) is 0 Å². The van der Waals surface area contributed by atoms with Crippen LogP contribution >= 0.6 is 0 Å². The average molecular weight is 246 g/mol. The largest absolute Gasteiger partial charge is 0.278 e. The van der Waals surface area contributed by atoms with Crippen LogP contribution in [0.5, 0.6) is 0 Å². The third-order valence-corrected chi connectivity index (χ3v) is 3.26. The summed E-state index contributed by atoms with van der Waals surface area (Å²) in [5, 5.41) is 2.41. The van der Waals surface area contributed by atoms with E-state index >= 15 is 0 Å². The first-order chi connectivity index (χ1) is 9.45. The van der Waals surface area contributed by atoms with Gasteiger partial charge in [-0.05, 0) is 12.1 Å². The van der Waals surface area contributed by atoms with Gasteiger partial charge in [0.25, 0.3) is 0 Å². The Morgan fingerprint density at radius 1 is 0.684 bits per heavy atom. The molecule has 4 heteroatoms. The highest BCUT2D eigenvalue weighted by molar-refractivity contribution is 6.08. The Hall–Kier alpha value is -2.75. The van der Waals surface area contributed by atoms with Crippen LogP contribution in [0.25, 0.3) is 27.8 Å². The first kappa shape index (κ1) is 10.2. The molecule has 90 valence electrons. The lowest BCUT2D eigenvalue weighted by Gasteiger charge is -2.03. The predicted octanol–water partition coefficient (Wildman–Crippen LogP) is 2.97. The number of nitrogens with zero attached hydrogens (tertiary/aromatic N) is 4. The molecule has 4 rings (SSSR count). The Balaban J connectivity index is 2.24. The molecule has 4 aromatic rings. The van der Waals surface area contributed by atoms with Crippen LogP contribution in [0.15, 0.2) is 61.2 Å². The molecule has 2 aromatic carbocycles. The van der Waals surface area contributed by atoms with Gasteiger partial charge in [0.1, 0.15) is 12.7 Å². The maximum absolute atomic E-state index is 4.26. The lowest BCUT2D eigenvalue weighted by atomic mass is 10.2. The van der Waals surface area contributed by atoms with Crippen LogP contribution in [0, 0.1) is 0 Å². The SMILES string of the molecule is c1ccc2c(c1)c1ccccc1n2-c1ncncn1. The smallest absolute Gasteiger partial charge is 0.237 e. The van der Waals surface area contributed by atoms with Gasteiger partial charge in [-0.3, -0.25) is 4.57 Å². The minimum atomic E-state index is 0.646. The number of aromatic nitrogens is 4. The highest BCUT2D eigenvalue weighted by Gasteiger charge is 2.12. The van der Waals surface area contributed by atoms with Crippen LogP contribution in [0.1, 0.15) is 0 Å². The molecule has 0 fully saturated rings. The Morgan fingerprint density at radius 2 is 1.21 bits per heavy atom. The molecule has 0 radical (unpaired) electrons. The highest BCUT2D eigenvalue weighted by Crippen LogP contribution is 2.30. The summed E-state index contributed by atoms with van der Waals surface area (Å²) < 4.78 is 2.06. The summed E-state index contributed by atoms with van der Waals surface area (Å²) in [6, 6.07) is 16.6. The van der Waals surface area contributed by atoms with Gasteiger partial charge in [0.05, 0.1) is 11.0 Å². The Labute approximate surface area is 109 Å². The van der Waals surface area contributed by atoms with Crippen molar-refractivity contribution < 1.29 is 0 Å². The second-order valence-electron chi connectivity index (χ2n) is 4.31. The summed E-state index contributed by atoms with van der Waals surface area (Å²) in [5.41, 5.74) is 2.21. The van der Waals surface area contributed by atoms with Crippen molar-refractivity contribution in [2.75, 3.05) is 0 Å². The third kappa shape index (κ3) is 1.43. The molecule has 0 N–H and O–H groups in total. The summed E-state index contributed by atoms with van der Waals surface area (Å²) in [6.07, 6.45) is 3.04. The van der Waals surface area contributed by atoms with Gasteiger partial charge in [-0.2, -0.15) is 0 Å². The monoisotopic (exact) mass is 246 g/mol. The average Bonchev–Trinajstić information content (AvgIpc) is 2.83. The van der Waals surface area contributed by atoms with Gasteiger partial charge in [-0.25, -0.2) is 15.0 Å². The molecule has 2 heterocycles. The van der Waals surface area contributed by atoms with Crippen molar-refractivity contribution >= 4 is 21.8 Å². The van der Waals surface area contributed by atoms with E-state index in [0.717, 1.165) is 11.0 Å². The standard InChI is InChI=1S/C15H10N4/c1-3-7-13-11(5-1)12-6-2-4-8-14(12)19(13)15-17-9-16-10-18-15/h1-10H. The van der Waals surface area contributed by atoms with E-state index in [4.69, 9.17) is 0 Å². The molecule has 0 saturated carbocycles. The lowest BCUT2D eigenvalue weighted by molar-refractivity contribution is 0.939. The van der Waals surface area contributed by atoms with Crippen molar-refractivity contribution in [1.29, 1.82) is 0 Å². The van der Waals surface area contributed by atoms with Crippen LogP contribution in [0.2, 0.25) is 0 Å². The number of hydrogen-bond acceptors (Lipinski definition) is 3. The Kier molecular flexibility index (Phi) is 2.08. The molecule has 19 heavy (non-hydrogen) atoms. The van der Waals surface area contributed by atoms with Crippen LogP contribution in [-0.2, 0) is 0 Å². The van der Waals surface area contributed by atoms with Gasteiger partial charge in [0, 0.05) is 10.8 Å². The van der Waals surface area contributed by atoms with E-state index in [-0.39, 0.29) is 0 Å². The zero-order chi connectivity index (χ0) is 12.7. The van der Waals surface area contributed by atoms with Gasteiger partial charge >= 0.3 is 0 Å². The van der Waals surface area contributed by atoms with Gasteiger partial charge in [0.2, 0.25) is 5.95 Å². The molecular weight excluding hydrogens is 236 g/mol. The molecule has 0 unspecified atom stereocenters. The highest BCUT2D eigenvalue weighted by atomic mass is 15.2. The van der Waals surface area contributed by atoms with Crippen molar-refractivity contribution in [2.45, 2.75) is 0 Å². The minimum absolute atomic E-state index is 0.646. The fraction of sp³-hybridized carbons (Fsp3) is 0. The van der Waals surface area contributed by atoms with Crippen LogP contribution in [-0.4, -0.2) is 19.5 Å². The first-order valence-corrected chi connectivity index (χ1v) is 6.06. The van der Waals surface area contributed by atoms with Gasteiger partial charge < -0.3 is 0 Å². The summed E-state index contributed by atoms with van der Waals surface area (Å²) in [7, 11) is 0.